The number of hydrogen-bond donors (Lipinski definition) is 2. The molecule has 3 N–H and O–H groups in total. The highest BCUT2D eigenvalue weighted by Crippen LogP contribution is 2.17. The average molecular weight is 267 g/mol. The second kappa shape index (κ2) is 6.75. The van der Waals surface area contributed by atoms with Crippen LogP contribution in [0.25, 0.3) is 0 Å². The molecule has 0 spiro atoms. The molecule has 0 fully saturated rings. The van der Waals surface area contributed by atoms with Gasteiger partial charge in [0.25, 0.3) is 0 Å². The highest BCUT2D eigenvalue weighted by molar-refractivity contribution is 5.77. The topological polar surface area (TPSA) is 53.1 Å². The first-order valence-electron chi connectivity index (χ1n) is 6.83. The zero-order valence-corrected chi connectivity index (χ0v) is 11.8. The van der Waals surface area contributed by atoms with Gasteiger partial charge in [0.2, 0.25) is 0 Å². The molecule has 0 heterocycles. The van der Waals surface area contributed by atoms with E-state index in [-0.39, 0.29) is 5.84 Å². The highest BCUT2D eigenvalue weighted by Gasteiger charge is 2.07. The van der Waals surface area contributed by atoms with Gasteiger partial charge in [-0.05, 0) is 24.6 Å². The maximum atomic E-state index is 7.42. The summed E-state index contributed by atoms with van der Waals surface area (Å²) in [6, 6.07) is 18.8. The summed E-state index contributed by atoms with van der Waals surface area (Å²) in [5, 5.41) is 7.42. The van der Waals surface area contributed by atoms with E-state index in [4.69, 9.17) is 11.1 Å². The lowest BCUT2D eigenvalue weighted by atomic mass is 10.1. The summed E-state index contributed by atoms with van der Waals surface area (Å²) in [6.07, 6.45) is 0.584. The van der Waals surface area contributed by atoms with Crippen LogP contribution >= 0.6 is 0 Å². The van der Waals surface area contributed by atoms with Crippen molar-refractivity contribution in [3.05, 3.63) is 65.7 Å². The molecule has 0 aliphatic carbocycles. The molecule has 2 rings (SSSR count). The van der Waals surface area contributed by atoms with Crippen molar-refractivity contribution in [3.8, 4) is 0 Å². The van der Waals surface area contributed by atoms with Crippen LogP contribution < -0.4 is 10.6 Å². The molecule has 0 saturated carbocycles. The Morgan fingerprint density at radius 2 is 1.85 bits per heavy atom. The molecule has 104 valence electrons. The summed E-state index contributed by atoms with van der Waals surface area (Å²) >= 11 is 0. The van der Waals surface area contributed by atoms with Gasteiger partial charge in [-0.2, -0.15) is 0 Å². The van der Waals surface area contributed by atoms with E-state index in [0.29, 0.717) is 6.42 Å². The standard InChI is InChI=1S/C17H21N3/c1-14-6-5-7-15(12-14)13-20(11-10-17(18)19)16-8-3-2-4-9-16/h2-9,12H,10-11,13H2,1H3,(H3,18,19). The van der Waals surface area contributed by atoms with E-state index >= 15 is 0 Å². The number of nitrogens with zero attached hydrogens (tertiary/aromatic N) is 1. The Labute approximate surface area is 120 Å². The van der Waals surface area contributed by atoms with Gasteiger partial charge in [0.05, 0.1) is 5.84 Å². The Bertz CT molecular complexity index is 563. The Morgan fingerprint density at radius 3 is 2.50 bits per heavy atom. The number of nitrogens with two attached hydrogens (primary N) is 1. The van der Waals surface area contributed by atoms with Crippen molar-refractivity contribution < 1.29 is 0 Å². The van der Waals surface area contributed by atoms with Crippen LogP contribution in [0.3, 0.4) is 0 Å². The Morgan fingerprint density at radius 1 is 1.10 bits per heavy atom. The van der Waals surface area contributed by atoms with Crippen LogP contribution in [0.2, 0.25) is 0 Å². The van der Waals surface area contributed by atoms with Crippen molar-refractivity contribution >= 4 is 11.5 Å². The first-order valence-corrected chi connectivity index (χ1v) is 6.83. The van der Waals surface area contributed by atoms with Crippen LogP contribution in [-0.4, -0.2) is 12.4 Å². The summed E-state index contributed by atoms with van der Waals surface area (Å²) in [5.74, 6) is 0.232. The van der Waals surface area contributed by atoms with Crippen molar-refractivity contribution in [2.24, 2.45) is 5.73 Å². The van der Waals surface area contributed by atoms with E-state index in [1.54, 1.807) is 0 Å². The van der Waals surface area contributed by atoms with Crippen LogP contribution in [0.5, 0.6) is 0 Å². The molecule has 0 aliphatic heterocycles. The van der Waals surface area contributed by atoms with Gasteiger partial charge in [0, 0.05) is 25.2 Å². The van der Waals surface area contributed by atoms with Crippen LogP contribution in [-0.2, 0) is 6.54 Å². The summed E-state index contributed by atoms with van der Waals surface area (Å²) in [6.45, 7) is 3.69. The number of benzene rings is 2. The van der Waals surface area contributed by atoms with Crippen molar-refractivity contribution in [1.82, 2.24) is 0 Å². The molecule has 2 aromatic carbocycles. The van der Waals surface area contributed by atoms with Gasteiger partial charge in [-0.3, -0.25) is 5.41 Å². The maximum Gasteiger partial charge on any atom is 0.0923 e. The molecular formula is C17H21N3. The van der Waals surface area contributed by atoms with Gasteiger partial charge in [0.1, 0.15) is 0 Å². The number of rotatable bonds is 6. The number of para-hydroxylation sites is 1. The van der Waals surface area contributed by atoms with E-state index in [1.807, 2.05) is 18.2 Å². The lowest BCUT2D eigenvalue weighted by Crippen LogP contribution is -2.27. The van der Waals surface area contributed by atoms with Gasteiger partial charge in [-0.1, -0.05) is 48.0 Å². The first kappa shape index (κ1) is 14.1. The fourth-order valence-corrected chi connectivity index (χ4v) is 2.22. The van der Waals surface area contributed by atoms with E-state index < -0.39 is 0 Å². The van der Waals surface area contributed by atoms with Gasteiger partial charge >= 0.3 is 0 Å². The van der Waals surface area contributed by atoms with E-state index in [9.17, 15) is 0 Å². The Balaban J connectivity index is 2.16. The molecule has 0 saturated heterocycles. The van der Waals surface area contributed by atoms with Gasteiger partial charge in [-0.15, -0.1) is 0 Å². The van der Waals surface area contributed by atoms with Crippen LogP contribution in [0.1, 0.15) is 17.5 Å². The lowest BCUT2D eigenvalue weighted by molar-refractivity contribution is 0.801. The number of hydrogen-bond acceptors (Lipinski definition) is 2. The number of nitrogens with one attached hydrogen (secondary N) is 1. The zero-order chi connectivity index (χ0) is 14.4. The van der Waals surface area contributed by atoms with E-state index in [0.717, 1.165) is 18.8 Å². The number of anilines is 1. The first-order chi connectivity index (χ1) is 9.65. The third kappa shape index (κ3) is 4.12. The molecule has 0 radical (unpaired) electrons. The maximum absolute atomic E-state index is 7.42. The quantitative estimate of drug-likeness (QED) is 0.623. The van der Waals surface area contributed by atoms with E-state index in [1.165, 1.54) is 11.1 Å². The molecule has 3 nitrogen and oxygen atoms in total. The molecule has 0 amide bonds. The largest absolute Gasteiger partial charge is 0.388 e. The highest BCUT2D eigenvalue weighted by atomic mass is 15.1. The summed E-state index contributed by atoms with van der Waals surface area (Å²) < 4.78 is 0. The predicted octanol–water partition coefficient (Wildman–Crippen LogP) is 3.33. The normalized spacial score (nSPS) is 10.2. The van der Waals surface area contributed by atoms with Crippen LogP contribution in [0.4, 0.5) is 5.69 Å². The molecule has 0 unspecified atom stereocenters. The molecule has 0 aromatic heterocycles. The Kier molecular flexibility index (Phi) is 4.77. The van der Waals surface area contributed by atoms with Crippen molar-refractivity contribution in [3.63, 3.8) is 0 Å². The summed E-state index contributed by atoms with van der Waals surface area (Å²) in [4.78, 5) is 2.26. The average Bonchev–Trinajstić information content (AvgIpc) is 2.44. The molecule has 0 atom stereocenters. The second-order valence-electron chi connectivity index (χ2n) is 5.02. The minimum Gasteiger partial charge on any atom is -0.388 e. The van der Waals surface area contributed by atoms with E-state index in [2.05, 4.69) is 48.2 Å². The third-order valence-electron chi connectivity index (χ3n) is 3.23. The second-order valence-corrected chi connectivity index (χ2v) is 5.02. The van der Waals surface area contributed by atoms with Gasteiger partial charge < -0.3 is 10.6 Å². The molecule has 3 heteroatoms. The minimum absolute atomic E-state index is 0.232. The Hall–Kier alpha value is -2.29. The molecule has 0 aliphatic rings. The molecular weight excluding hydrogens is 246 g/mol. The molecule has 20 heavy (non-hydrogen) atoms. The van der Waals surface area contributed by atoms with Crippen LogP contribution in [0.15, 0.2) is 54.6 Å². The fourth-order valence-electron chi connectivity index (χ4n) is 2.22. The van der Waals surface area contributed by atoms with Gasteiger partial charge in [-0.25, -0.2) is 0 Å². The fraction of sp³-hybridized carbons (Fsp3) is 0.235. The van der Waals surface area contributed by atoms with Gasteiger partial charge in [0.15, 0.2) is 0 Å². The van der Waals surface area contributed by atoms with Crippen LogP contribution in [0, 0.1) is 12.3 Å². The third-order valence-corrected chi connectivity index (χ3v) is 3.23. The SMILES string of the molecule is Cc1cccc(CN(CCC(=N)N)c2ccccc2)c1. The zero-order valence-electron chi connectivity index (χ0n) is 11.8. The summed E-state index contributed by atoms with van der Waals surface area (Å²) in [5.41, 5.74) is 9.20. The van der Waals surface area contributed by atoms with Crippen molar-refractivity contribution in [2.45, 2.75) is 19.9 Å². The lowest BCUT2D eigenvalue weighted by Gasteiger charge is -2.25. The number of amidine groups is 1. The monoisotopic (exact) mass is 267 g/mol. The minimum atomic E-state index is 0.232. The predicted molar refractivity (Wildman–Crippen MR) is 85.2 cm³/mol. The van der Waals surface area contributed by atoms with Crippen molar-refractivity contribution in [1.29, 1.82) is 5.41 Å². The molecule has 0 bridgehead atoms. The van der Waals surface area contributed by atoms with Crippen molar-refractivity contribution in [2.75, 3.05) is 11.4 Å². The molecule has 2 aromatic rings. The smallest absolute Gasteiger partial charge is 0.0923 e. The summed E-state index contributed by atoms with van der Waals surface area (Å²) in [7, 11) is 0. The number of aryl methyl sites for hydroxylation is 1.